The fraction of sp³-hybridized carbons (Fsp3) is 0.526. The van der Waals surface area contributed by atoms with Crippen molar-refractivity contribution in [2.24, 2.45) is 11.8 Å². The highest BCUT2D eigenvalue weighted by Gasteiger charge is 2.38. The Balaban J connectivity index is 2.15. The van der Waals surface area contributed by atoms with Crippen LogP contribution in [0.15, 0.2) is 18.2 Å². The third-order valence-electron chi connectivity index (χ3n) is 4.90. The quantitative estimate of drug-likeness (QED) is 0.773. The maximum atomic E-state index is 12.5. The minimum atomic E-state index is -1.06. The number of aryl methyl sites for hydroxylation is 1. The van der Waals surface area contributed by atoms with Crippen LogP contribution in [0.3, 0.4) is 0 Å². The van der Waals surface area contributed by atoms with Crippen molar-refractivity contribution < 1.29 is 24.2 Å². The number of carbonyl (C=O) groups is 3. The van der Waals surface area contributed by atoms with Crippen molar-refractivity contribution in [3.05, 3.63) is 23.8 Å². The number of carbonyl (C=O) groups excluding carboxylic acids is 2. The molecule has 0 aliphatic carbocycles. The molecule has 1 heterocycles. The van der Waals surface area contributed by atoms with Gasteiger partial charge in [0.1, 0.15) is 11.8 Å². The van der Waals surface area contributed by atoms with Gasteiger partial charge < -0.3 is 20.1 Å². The molecule has 1 aromatic carbocycles. The summed E-state index contributed by atoms with van der Waals surface area (Å²) in [5, 5.41) is 11.9. The van der Waals surface area contributed by atoms with Crippen LogP contribution in [0.2, 0.25) is 0 Å². The third kappa shape index (κ3) is 4.15. The van der Waals surface area contributed by atoms with E-state index in [4.69, 9.17) is 4.74 Å². The Morgan fingerprint density at radius 3 is 2.69 bits per heavy atom. The molecule has 1 saturated heterocycles. The zero-order valence-electron chi connectivity index (χ0n) is 15.6. The van der Waals surface area contributed by atoms with Gasteiger partial charge in [0.25, 0.3) is 0 Å². The van der Waals surface area contributed by atoms with Gasteiger partial charge in [0.05, 0.1) is 18.7 Å². The van der Waals surface area contributed by atoms with Crippen molar-refractivity contribution in [1.82, 2.24) is 5.32 Å². The number of methoxy groups -OCH3 is 1. The Morgan fingerprint density at radius 1 is 1.42 bits per heavy atom. The fourth-order valence-electron chi connectivity index (χ4n) is 3.08. The van der Waals surface area contributed by atoms with E-state index in [0.29, 0.717) is 17.9 Å². The van der Waals surface area contributed by atoms with Gasteiger partial charge in [-0.2, -0.15) is 0 Å². The molecule has 0 bridgehead atoms. The van der Waals surface area contributed by atoms with Gasteiger partial charge in [0.2, 0.25) is 11.8 Å². The molecule has 0 radical (unpaired) electrons. The lowest BCUT2D eigenvalue weighted by Gasteiger charge is -2.23. The highest BCUT2D eigenvalue weighted by Crippen LogP contribution is 2.34. The van der Waals surface area contributed by atoms with Gasteiger partial charge in [-0.1, -0.05) is 26.3 Å². The largest absolute Gasteiger partial charge is 0.495 e. The lowest BCUT2D eigenvalue weighted by molar-refractivity contribution is -0.143. The molecule has 0 saturated carbocycles. The van der Waals surface area contributed by atoms with E-state index in [2.05, 4.69) is 5.32 Å². The molecule has 1 aliphatic heterocycles. The van der Waals surface area contributed by atoms with Crippen LogP contribution >= 0.6 is 0 Å². The molecular weight excluding hydrogens is 336 g/mol. The second kappa shape index (κ2) is 8.21. The molecule has 2 rings (SSSR count). The third-order valence-corrected chi connectivity index (χ3v) is 4.90. The number of carboxylic acids is 1. The number of aliphatic carboxylic acids is 1. The van der Waals surface area contributed by atoms with Gasteiger partial charge in [-0.25, -0.2) is 4.79 Å². The number of amides is 2. The number of hydrogen-bond acceptors (Lipinski definition) is 4. The van der Waals surface area contributed by atoms with Crippen LogP contribution in [0.4, 0.5) is 5.69 Å². The molecule has 3 atom stereocenters. The van der Waals surface area contributed by atoms with Gasteiger partial charge in [0, 0.05) is 13.0 Å². The van der Waals surface area contributed by atoms with E-state index in [9.17, 15) is 19.5 Å². The van der Waals surface area contributed by atoms with Crippen LogP contribution in [-0.4, -0.2) is 42.6 Å². The topological polar surface area (TPSA) is 95.9 Å². The van der Waals surface area contributed by atoms with Gasteiger partial charge in [-0.05, 0) is 30.5 Å². The number of nitrogens with one attached hydrogen (secondary N) is 1. The highest BCUT2D eigenvalue weighted by molar-refractivity contribution is 6.01. The first-order chi connectivity index (χ1) is 12.3. The molecule has 7 heteroatoms. The molecule has 0 aromatic heterocycles. The van der Waals surface area contributed by atoms with Gasteiger partial charge in [-0.15, -0.1) is 0 Å². The van der Waals surface area contributed by atoms with Crippen molar-refractivity contribution in [2.45, 2.75) is 39.7 Å². The first kappa shape index (κ1) is 19.8. The molecule has 7 nitrogen and oxygen atoms in total. The summed E-state index contributed by atoms with van der Waals surface area (Å²) in [7, 11) is 1.53. The summed E-state index contributed by atoms with van der Waals surface area (Å²) >= 11 is 0. The maximum absolute atomic E-state index is 12.5. The lowest BCUT2D eigenvalue weighted by atomic mass is 9.98. The Bertz CT molecular complexity index is 703. The fourth-order valence-corrected chi connectivity index (χ4v) is 3.08. The van der Waals surface area contributed by atoms with E-state index in [1.54, 1.807) is 13.0 Å². The van der Waals surface area contributed by atoms with Crippen molar-refractivity contribution >= 4 is 23.5 Å². The van der Waals surface area contributed by atoms with Crippen LogP contribution in [0.5, 0.6) is 5.75 Å². The summed E-state index contributed by atoms with van der Waals surface area (Å²) in [5.74, 6) is -1.85. The maximum Gasteiger partial charge on any atom is 0.326 e. The van der Waals surface area contributed by atoms with Crippen molar-refractivity contribution in [3.63, 3.8) is 0 Å². The molecule has 142 valence electrons. The minimum absolute atomic E-state index is 0.0514. The first-order valence-corrected chi connectivity index (χ1v) is 8.76. The van der Waals surface area contributed by atoms with E-state index in [1.165, 1.54) is 12.0 Å². The number of ether oxygens (including phenoxy) is 1. The number of hydrogen-bond donors (Lipinski definition) is 2. The molecule has 1 fully saturated rings. The van der Waals surface area contributed by atoms with E-state index >= 15 is 0 Å². The smallest absolute Gasteiger partial charge is 0.326 e. The molecular formula is C19H26N2O5. The second-order valence-corrected chi connectivity index (χ2v) is 6.79. The van der Waals surface area contributed by atoms with Crippen LogP contribution in [-0.2, 0) is 14.4 Å². The molecule has 2 amide bonds. The number of benzene rings is 1. The summed E-state index contributed by atoms with van der Waals surface area (Å²) in [5.41, 5.74) is 1.61. The number of nitrogens with zero attached hydrogens (tertiary/aromatic N) is 1. The van der Waals surface area contributed by atoms with Crippen LogP contribution in [0.1, 0.15) is 32.3 Å². The van der Waals surface area contributed by atoms with Crippen molar-refractivity contribution in [2.75, 3.05) is 18.6 Å². The molecule has 0 spiro atoms. The number of anilines is 1. The Morgan fingerprint density at radius 2 is 2.12 bits per heavy atom. The monoisotopic (exact) mass is 362 g/mol. The summed E-state index contributed by atoms with van der Waals surface area (Å²) in [4.78, 5) is 37.9. The summed E-state index contributed by atoms with van der Waals surface area (Å²) in [6, 6.07) is 4.56. The predicted molar refractivity (Wildman–Crippen MR) is 97.2 cm³/mol. The van der Waals surface area contributed by atoms with Crippen molar-refractivity contribution in [3.8, 4) is 5.75 Å². The number of rotatable bonds is 7. The first-order valence-electron chi connectivity index (χ1n) is 8.76. The van der Waals surface area contributed by atoms with Gasteiger partial charge >= 0.3 is 5.97 Å². The van der Waals surface area contributed by atoms with Crippen LogP contribution in [0.25, 0.3) is 0 Å². The Hall–Kier alpha value is -2.57. The average Bonchev–Trinajstić information content (AvgIpc) is 3.00. The zero-order chi connectivity index (χ0) is 19.4. The van der Waals surface area contributed by atoms with E-state index in [0.717, 1.165) is 5.56 Å². The second-order valence-electron chi connectivity index (χ2n) is 6.79. The van der Waals surface area contributed by atoms with E-state index < -0.39 is 23.8 Å². The Kier molecular flexibility index (Phi) is 6.23. The molecule has 26 heavy (non-hydrogen) atoms. The predicted octanol–water partition coefficient (Wildman–Crippen LogP) is 1.97. The summed E-state index contributed by atoms with van der Waals surface area (Å²) < 4.78 is 5.33. The molecule has 2 N–H and O–H groups in total. The molecule has 1 unspecified atom stereocenters. The normalized spacial score (nSPS) is 19.2. The van der Waals surface area contributed by atoms with Crippen LogP contribution < -0.4 is 15.0 Å². The SMILES string of the molecule is CC[C@H](C)[C@H](NC(=O)C1CC(=O)N(c2cc(C)ccc2OC)C1)C(=O)O. The lowest BCUT2D eigenvalue weighted by Crippen LogP contribution is -2.47. The molecule has 1 aromatic rings. The zero-order valence-corrected chi connectivity index (χ0v) is 15.6. The molecule has 1 aliphatic rings. The summed E-state index contributed by atoms with van der Waals surface area (Å²) in [6.07, 6.45) is 0.684. The Labute approximate surface area is 153 Å². The standard InChI is InChI=1S/C19H26N2O5/c1-5-12(3)17(19(24)25)20-18(23)13-9-16(22)21(10-13)14-8-11(2)6-7-15(14)26-4/h6-8,12-13,17H,5,9-10H2,1-4H3,(H,20,23)(H,24,25)/t12-,13?,17-/m0/s1. The van der Waals surface area contributed by atoms with E-state index in [1.807, 2.05) is 26.0 Å². The van der Waals surface area contributed by atoms with Crippen LogP contribution in [0, 0.1) is 18.8 Å². The highest BCUT2D eigenvalue weighted by atomic mass is 16.5. The van der Waals surface area contributed by atoms with Gasteiger partial charge in [0.15, 0.2) is 0 Å². The van der Waals surface area contributed by atoms with E-state index in [-0.39, 0.29) is 24.8 Å². The minimum Gasteiger partial charge on any atom is -0.495 e. The summed E-state index contributed by atoms with van der Waals surface area (Å²) in [6.45, 7) is 5.77. The average molecular weight is 362 g/mol. The van der Waals surface area contributed by atoms with Crippen molar-refractivity contribution in [1.29, 1.82) is 0 Å². The number of carboxylic acid groups (broad SMARTS) is 1. The van der Waals surface area contributed by atoms with Gasteiger partial charge in [-0.3, -0.25) is 9.59 Å².